The van der Waals surface area contributed by atoms with Crippen LogP contribution in [0, 0.1) is 33.6 Å². The van der Waals surface area contributed by atoms with E-state index in [0.29, 0.717) is 5.92 Å². The fourth-order valence-electron chi connectivity index (χ4n) is 12.8. The maximum absolute atomic E-state index is 2.69. The lowest BCUT2D eigenvalue weighted by Crippen LogP contribution is -2.32. The number of benzene rings is 9. The highest BCUT2D eigenvalue weighted by molar-refractivity contribution is 6.22. The molecule has 0 amide bonds. The van der Waals surface area contributed by atoms with E-state index in [0.717, 1.165) is 24.9 Å². The maximum atomic E-state index is 2.69. The van der Waals surface area contributed by atoms with E-state index in [1.165, 1.54) is 150 Å². The number of hydrogen-bond acceptors (Lipinski definition) is 2. The van der Waals surface area contributed by atoms with Gasteiger partial charge in [-0.05, 0) is 147 Å². The number of allylic oxidation sites excluding steroid dienone is 2. The second-order valence-electron chi connectivity index (χ2n) is 21.8. The summed E-state index contributed by atoms with van der Waals surface area (Å²) in [5.41, 5.74) is 21.3. The van der Waals surface area contributed by atoms with Crippen LogP contribution < -0.4 is 9.80 Å². The van der Waals surface area contributed by atoms with Crippen molar-refractivity contribution in [3.63, 3.8) is 0 Å². The maximum Gasteiger partial charge on any atom is 0.0713 e. The first-order valence-corrected chi connectivity index (χ1v) is 28.2. The lowest BCUT2D eigenvalue weighted by atomic mass is 9.67. The zero-order chi connectivity index (χ0) is 51.6. The minimum atomic E-state index is -0.496. The van der Waals surface area contributed by atoms with Crippen LogP contribution in [0.15, 0.2) is 206 Å². The number of rotatable bonds is 17. The Morgan fingerprint density at radius 2 is 0.987 bits per heavy atom. The van der Waals surface area contributed by atoms with Gasteiger partial charge in [-0.15, -0.1) is 0 Å². The van der Waals surface area contributed by atoms with Gasteiger partial charge in [-0.3, -0.25) is 0 Å². The van der Waals surface area contributed by atoms with E-state index in [-0.39, 0.29) is 6.04 Å². The van der Waals surface area contributed by atoms with E-state index in [2.05, 4.69) is 258 Å². The van der Waals surface area contributed by atoms with E-state index in [1.54, 1.807) is 0 Å². The van der Waals surface area contributed by atoms with Crippen molar-refractivity contribution in [1.29, 1.82) is 0 Å². The Morgan fingerprint density at radius 3 is 1.49 bits per heavy atom. The molecule has 0 saturated carbocycles. The normalized spacial score (nSPS) is 14.9. The summed E-state index contributed by atoms with van der Waals surface area (Å²) < 4.78 is 0. The molecule has 9 aromatic rings. The van der Waals surface area contributed by atoms with Gasteiger partial charge in [-0.1, -0.05) is 233 Å². The Hall–Kier alpha value is -7.42. The van der Waals surface area contributed by atoms with Gasteiger partial charge in [0, 0.05) is 38.6 Å². The Morgan fingerprint density at radius 1 is 0.493 bits per heavy atom. The molecular formula is C73H74N2. The standard InChI is InChI=1S/C73H74N2/c1-8-11-12-13-19-54-30-40-60(41-31-54)74(59-38-26-51(5)27-39-59)71-65-20-14-16-22-67(65)72(68-23-17-15-21-66(68)71)75(61-42-32-56(33-43-61)55(10-3)18-9-2)62-44-36-58(37-45-62)73(57-34-24-50(4)25-35-57)69-48-52(6)28-46-63(69)64-47-29-53(7)49-70(64)73/h14-17,20-42,44-49,55,61H,8-13,18-19,43H2,1-7H3. The molecule has 0 heterocycles. The zero-order valence-electron chi connectivity index (χ0n) is 45.5. The molecule has 376 valence electrons. The Balaban J connectivity index is 1.13. The summed E-state index contributed by atoms with van der Waals surface area (Å²) in [5.74, 6) is 0.575. The number of nitrogens with zero attached hydrogens (tertiary/aromatic N) is 2. The first-order valence-electron chi connectivity index (χ1n) is 28.2. The average molecular weight is 979 g/mol. The van der Waals surface area contributed by atoms with Gasteiger partial charge in [0.25, 0.3) is 0 Å². The highest BCUT2D eigenvalue weighted by Crippen LogP contribution is 2.57. The summed E-state index contributed by atoms with van der Waals surface area (Å²) >= 11 is 0. The van der Waals surface area contributed by atoms with Crippen molar-refractivity contribution in [1.82, 2.24) is 0 Å². The number of hydrogen-bond donors (Lipinski definition) is 0. The van der Waals surface area contributed by atoms with Crippen LogP contribution in [0.1, 0.15) is 122 Å². The van der Waals surface area contributed by atoms with Gasteiger partial charge in [0.15, 0.2) is 0 Å². The first kappa shape index (κ1) is 49.8. The fraction of sp³-hybridized carbons (Fsp3) is 0.260. The van der Waals surface area contributed by atoms with Gasteiger partial charge in [0.1, 0.15) is 0 Å². The van der Waals surface area contributed by atoms with Crippen LogP contribution >= 0.6 is 0 Å². The van der Waals surface area contributed by atoms with Gasteiger partial charge in [0.2, 0.25) is 0 Å². The molecule has 75 heavy (non-hydrogen) atoms. The zero-order valence-corrected chi connectivity index (χ0v) is 45.5. The quantitative estimate of drug-likeness (QED) is 0.0510. The second-order valence-corrected chi connectivity index (χ2v) is 21.8. The highest BCUT2D eigenvalue weighted by Gasteiger charge is 2.46. The number of anilines is 5. The number of unbranched alkanes of at least 4 members (excludes halogenated alkanes) is 3. The molecule has 2 nitrogen and oxygen atoms in total. The molecule has 9 aromatic carbocycles. The SMILES string of the molecule is CCCCCCc1ccc(N(c2ccc(C)cc2)c2c3ccccc3c(N(c3ccc(C4(c5ccc(C)cc5)c5cc(C)ccc5-c5ccc(C)cc54)cc3)C3C=CC(C(CC)CCC)=CC3)c3ccccc23)cc1. The molecular weight excluding hydrogens is 905 g/mol. The van der Waals surface area contributed by atoms with Crippen molar-refractivity contribution in [2.75, 3.05) is 9.80 Å². The monoisotopic (exact) mass is 979 g/mol. The molecule has 2 aliphatic rings. The average Bonchev–Trinajstić information content (AvgIpc) is 3.72. The highest BCUT2D eigenvalue weighted by atomic mass is 15.2. The molecule has 0 spiro atoms. The Bertz CT molecular complexity index is 3430. The van der Waals surface area contributed by atoms with Gasteiger partial charge in [-0.2, -0.15) is 0 Å². The first-order chi connectivity index (χ1) is 36.7. The summed E-state index contributed by atoms with van der Waals surface area (Å²) in [5, 5.41) is 4.93. The lowest BCUT2D eigenvalue weighted by Gasteiger charge is -2.38. The van der Waals surface area contributed by atoms with Crippen LogP contribution in [0.5, 0.6) is 0 Å². The number of fused-ring (bicyclic) bond motifs is 5. The van der Waals surface area contributed by atoms with Crippen molar-refractivity contribution < 1.29 is 0 Å². The molecule has 2 aliphatic carbocycles. The van der Waals surface area contributed by atoms with Crippen LogP contribution in [-0.4, -0.2) is 6.04 Å². The third kappa shape index (κ3) is 9.22. The molecule has 2 heteroatoms. The van der Waals surface area contributed by atoms with Crippen molar-refractivity contribution >= 4 is 50.0 Å². The molecule has 0 bridgehead atoms. The molecule has 2 atom stereocenters. The van der Waals surface area contributed by atoms with Gasteiger partial charge < -0.3 is 9.80 Å². The largest absolute Gasteiger partial charge is 0.333 e. The predicted molar refractivity (Wildman–Crippen MR) is 323 cm³/mol. The predicted octanol–water partition coefficient (Wildman–Crippen LogP) is 20.4. The fourth-order valence-corrected chi connectivity index (χ4v) is 12.8. The second kappa shape index (κ2) is 21.4. The molecule has 0 N–H and O–H groups in total. The van der Waals surface area contributed by atoms with Gasteiger partial charge in [0.05, 0.1) is 22.8 Å². The lowest BCUT2D eigenvalue weighted by molar-refractivity contribution is 0.538. The van der Waals surface area contributed by atoms with Crippen LogP contribution in [-0.2, 0) is 11.8 Å². The molecule has 0 fully saturated rings. The summed E-state index contributed by atoms with van der Waals surface area (Å²) in [6.07, 6.45) is 18.2. The molecule has 0 saturated heterocycles. The van der Waals surface area contributed by atoms with Crippen molar-refractivity contribution in [2.45, 2.75) is 118 Å². The van der Waals surface area contributed by atoms with Crippen LogP contribution in [0.4, 0.5) is 28.4 Å². The third-order valence-electron chi connectivity index (χ3n) is 16.7. The minimum Gasteiger partial charge on any atom is -0.333 e. The van der Waals surface area contributed by atoms with Crippen LogP contribution in [0.2, 0.25) is 0 Å². The summed E-state index contributed by atoms with van der Waals surface area (Å²) in [4.78, 5) is 5.21. The summed E-state index contributed by atoms with van der Waals surface area (Å²) in [6, 6.07) is 70.3. The Labute approximate surface area is 448 Å². The van der Waals surface area contributed by atoms with Crippen molar-refractivity contribution in [3.05, 3.63) is 256 Å². The topological polar surface area (TPSA) is 6.48 Å². The molecule has 11 rings (SSSR count). The van der Waals surface area contributed by atoms with E-state index >= 15 is 0 Å². The molecule has 0 aliphatic heterocycles. The van der Waals surface area contributed by atoms with E-state index in [9.17, 15) is 0 Å². The van der Waals surface area contributed by atoms with Crippen LogP contribution in [0.3, 0.4) is 0 Å². The summed E-state index contributed by atoms with van der Waals surface area (Å²) in [6.45, 7) is 15.8. The van der Waals surface area contributed by atoms with Crippen LogP contribution in [0.25, 0.3) is 32.7 Å². The van der Waals surface area contributed by atoms with E-state index in [4.69, 9.17) is 0 Å². The molecule has 2 unspecified atom stereocenters. The number of aryl methyl sites for hydroxylation is 5. The van der Waals surface area contributed by atoms with E-state index < -0.39 is 5.41 Å². The van der Waals surface area contributed by atoms with Crippen molar-refractivity contribution in [3.8, 4) is 11.1 Å². The van der Waals surface area contributed by atoms with Crippen molar-refractivity contribution in [2.24, 2.45) is 5.92 Å². The van der Waals surface area contributed by atoms with Gasteiger partial charge in [-0.25, -0.2) is 0 Å². The summed E-state index contributed by atoms with van der Waals surface area (Å²) in [7, 11) is 0. The molecule has 0 radical (unpaired) electrons. The van der Waals surface area contributed by atoms with Gasteiger partial charge >= 0.3 is 0 Å². The minimum absolute atomic E-state index is 0.0822. The smallest absolute Gasteiger partial charge is 0.0713 e. The Kier molecular flexibility index (Phi) is 14.2. The van der Waals surface area contributed by atoms with E-state index in [1.807, 2.05) is 0 Å². The molecule has 0 aromatic heterocycles. The third-order valence-corrected chi connectivity index (χ3v) is 16.7.